The lowest BCUT2D eigenvalue weighted by Crippen LogP contribution is -2.68. The Balaban J connectivity index is 1.54. The van der Waals surface area contributed by atoms with Gasteiger partial charge >= 0.3 is 12.2 Å². The molecule has 5 atom stereocenters. The molecule has 1 amide bonds. The van der Waals surface area contributed by atoms with Gasteiger partial charge in [-0.05, 0) is 44.9 Å². The van der Waals surface area contributed by atoms with Crippen LogP contribution in [0.4, 0.5) is 9.59 Å². The van der Waals surface area contributed by atoms with Crippen molar-refractivity contribution in [2.24, 2.45) is 0 Å². The Bertz CT molecular complexity index is 1740. The van der Waals surface area contributed by atoms with Crippen LogP contribution in [-0.2, 0) is 22.3 Å². The van der Waals surface area contributed by atoms with Gasteiger partial charge in [-0.25, -0.2) is 9.59 Å². The van der Waals surface area contributed by atoms with Gasteiger partial charge in [-0.3, -0.25) is 9.80 Å². The average Bonchev–Trinajstić information content (AvgIpc) is 3.54. The van der Waals surface area contributed by atoms with Crippen LogP contribution in [0.3, 0.4) is 0 Å². The first kappa shape index (κ1) is 35.0. The topological polar surface area (TPSA) is 152 Å². The minimum absolute atomic E-state index is 0.0188. The number of alkyl carbamates (subject to hydrolysis) is 1. The number of methoxy groups -OCH3 is 1. The maximum Gasteiger partial charge on any atom is 0.514 e. The molecule has 16 heteroatoms. The first-order valence-corrected chi connectivity index (χ1v) is 16.6. The molecule has 0 spiro atoms. The number of ether oxygens (including phenoxy) is 6. The summed E-state index contributed by atoms with van der Waals surface area (Å²) in [5.41, 5.74) is 4.02. The molecule has 0 aliphatic carbocycles. The summed E-state index contributed by atoms with van der Waals surface area (Å²) in [6.07, 6.45) is 0.332. The average molecular weight is 738 g/mol. The minimum Gasteiger partial charge on any atom is -0.504 e. The van der Waals surface area contributed by atoms with Crippen molar-refractivity contribution >= 4 is 47.1 Å². The van der Waals surface area contributed by atoms with E-state index in [0.717, 1.165) is 11.1 Å². The van der Waals surface area contributed by atoms with Gasteiger partial charge in [0.1, 0.15) is 25.0 Å². The van der Waals surface area contributed by atoms with E-state index in [1.807, 2.05) is 24.9 Å². The van der Waals surface area contributed by atoms with E-state index in [0.29, 0.717) is 45.9 Å². The van der Waals surface area contributed by atoms with Crippen molar-refractivity contribution in [3.05, 3.63) is 52.1 Å². The van der Waals surface area contributed by atoms with Gasteiger partial charge in [0.15, 0.2) is 23.0 Å². The van der Waals surface area contributed by atoms with Crippen LogP contribution in [0.15, 0.2) is 18.7 Å². The third-order valence-corrected chi connectivity index (χ3v) is 9.90. The highest BCUT2D eigenvalue weighted by molar-refractivity contribution is 6.67. The number of amides is 1. The fourth-order valence-electron chi connectivity index (χ4n) is 7.79. The quantitative estimate of drug-likeness (QED) is 0.164. The molecule has 2 aromatic rings. The molecular weight excluding hydrogens is 703 g/mol. The molecule has 0 aromatic heterocycles. The summed E-state index contributed by atoms with van der Waals surface area (Å²) >= 11 is 17.4. The van der Waals surface area contributed by atoms with E-state index in [9.17, 15) is 20.0 Å². The van der Waals surface area contributed by atoms with Crippen LogP contribution in [-0.4, -0.2) is 89.8 Å². The minimum atomic E-state index is -1.83. The molecular formula is C33H35Cl3N4O9. The molecule has 2 unspecified atom stereocenters. The number of benzene rings is 2. The number of nitrogens with one attached hydrogen (secondary N) is 1. The number of halogens is 3. The molecule has 49 heavy (non-hydrogen) atoms. The summed E-state index contributed by atoms with van der Waals surface area (Å²) < 4.78 is 31.9. The zero-order valence-corrected chi connectivity index (χ0v) is 29.4. The number of aryl methyl sites for hydroxylation is 1. The Hall–Kier alpha value is -3.80. The predicted molar refractivity (Wildman–Crippen MR) is 178 cm³/mol. The number of piperazine rings is 1. The van der Waals surface area contributed by atoms with Crippen LogP contribution < -0.4 is 24.3 Å². The second-order valence-corrected chi connectivity index (χ2v) is 14.8. The van der Waals surface area contributed by atoms with Crippen molar-refractivity contribution in [1.82, 2.24) is 15.1 Å². The van der Waals surface area contributed by atoms with E-state index < -0.39 is 46.8 Å². The standard InChI is InChI=1S/C33H35Cl3N4O9/c1-6-7-45-32(43)49-28-16(3)29-30(48-14-47-29)24-18(28)10-20-25-23-17(8-15(2)27(44-5)26(23)41)9-19(39(25)4)21(11-37)40(20)22(24)12-38-31(42)46-13-33(34,35)36/h6,8,19-22,25,41H,1,7,9-10,12-14H2,2-5H3,(H,38,42)/t19?,20-,21-,22-,25?/m0/s1. The van der Waals surface area contributed by atoms with Gasteiger partial charge in [-0.1, -0.05) is 53.5 Å². The summed E-state index contributed by atoms with van der Waals surface area (Å²) in [5.74, 6) is 1.35. The van der Waals surface area contributed by atoms with Crippen LogP contribution >= 0.6 is 34.8 Å². The van der Waals surface area contributed by atoms with E-state index in [-0.39, 0.29) is 43.9 Å². The molecule has 2 N–H and O–H groups in total. The molecule has 4 aliphatic heterocycles. The van der Waals surface area contributed by atoms with E-state index in [1.54, 1.807) is 6.92 Å². The number of nitrogens with zero attached hydrogens (tertiary/aromatic N) is 3. The number of likely N-dealkylation sites (N-methyl/N-ethyl adjacent to an activating group) is 1. The number of carbonyl (C=O) groups is 2. The number of nitriles is 1. The zero-order chi connectivity index (χ0) is 35.4. The fourth-order valence-corrected chi connectivity index (χ4v) is 7.95. The lowest BCUT2D eigenvalue weighted by atomic mass is 9.71. The molecule has 262 valence electrons. The smallest absolute Gasteiger partial charge is 0.504 e. The van der Waals surface area contributed by atoms with Gasteiger partial charge in [0.25, 0.3) is 0 Å². The van der Waals surface area contributed by atoms with Crippen molar-refractivity contribution in [3.8, 4) is 34.8 Å². The molecule has 2 aromatic carbocycles. The SMILES string of the molecule is C=CCOC(=O)Oc1c(C)c2c(c3c1C[C@H]1C4c5c(cc(C)c(OC)c5O)CC([C@H](C#N)N1[C@H]3CNC(=O)OCC(Cl)(Cl)Cl)N4C)OCO2. The third-order valence-electron chi connectivity index (χ3n) is 9.58. The summed E-state index contributed by atoms with van der Waals surface area (Å²) in [6, 6.07) is 1.84. The van der Waals surface area contributed by atoms with Crippen LogP contribution in [0.2, 0.25) is 0 Å². The zero-order valence-electron chi connectivity index (χ0n) is 27.2. The number of rotatable bonds is 7. The fraction of sp³-hybridized carbons (Fsp3) is 0.485. The number of phenols is 1. The maximum absolute atomic E-state index is 12.9. The van der Waals surface area contributed by atoms with Gasteiger partial charge in [0.05, 0.1) is 25.3 Å². The summed E-state index contributed by atoms with van der Waals surface area (Å²) in [4.78, 5) is 30.0. The van der Waals surface area contributed by atoms with E-state index >= 15 is 0 Å². The predicted octanol–water partition coefficient (Wildman–Crippen LogP) is 5.32. The van der Waals surface area contributed by atoms with Gasteiger partial charge in [0, 0.05) is 40.9 Å². The van der Waals surface area contributed by atoms with Gasteiger partial charge in [0.2, 0.25) is 10.6 Å². The lowest BCUT2D eigenvalue weighted by Gasteiger charge is -2.60. The van der Waals surface area contributed by atoms with Crippen molar-refractivity contribution < 1.29 is 43.1 Å². The molecule has 4 heterocycles. The third kappa shape index (κ3) is 6.14. The maximum atomic E-state index is 12.9. The summed E-state index contributed by atoms with van der Waals surface area (Å²) in [6.45, 7) is 6.44. The molecule has 1 saturated heterocycles. The number of carbonyl (C=O) groups excluding carboxylic acids is 2. The van der Waals surface area contributed by atoms with Gasteiger partial charge in [-0.15, -0.1) is 0 Å². The Morgan fingerprint density at radius 2 is 1.90 bits per heavy atom. The molecule has 1 fully saturated rings. The lowest BCUT2D eigenvalue weighted by molar-refractivity contribution is -0.0723. The second kappa shape index (κ2) is 13.5. The molecule has 0 radical (unpaired) electrons. The Kier molecular flexibility index (Phi) is 9.65. The first-order valence-electron chi connectivity index (χ1n) is 15.5. The Morgan fingerprint density at radius 3 is 2.57 bits per heavy atom. The van der Waals surface area contributed by atoms with Crippen LogP contribution in [0.1, 0.15) is 45.5 Å². The largest absolute Gasteiger partial charge is 0.514 e. The number of hydrogen-bond donors (Lipinski definition) is 2. The van der Waals surface area contributed by atoms with Crippen LogP contribution in [0.25, 0.3) is 0 Å². The van der Waals surface area contributed by atoms with E-state index in [2.05, 4.69) is 22.9 Å². The number of phenolic OH excluding ortho intramolecular Hbond substituents is 1. The number of aromatic hydroxyl groups is 1. The van der Waals surface area contributed by atoms with Gasteiger partial charge in [-0.2, -0.15) is 5.26 Å². The summed E-state index contributed by atoms with van der Waals surface area (Å²) in [7, 11) is 3.43. The normalized spacial score (nSPS) is 23.7. The van der Waals surface area contributed by atoms with E-state index in [4.69, 9.17) is 63.2 Å². The van der Waals surface area contributed by atoms with Crippen LogP contribution in [0, 0.1) is 25.2 Å². The summed E-state index contributed by atoms with van der Waals surface area (Å²) in [5, 5.41) is 25.3. The first-order chi connectivity index (χ1) is 23.3. The number of fused-ring (bicyclic) bond motifs is 9. The number of alkyl halides is 3. The monoisotopic (exact) mass is 736 g/mol. The van der Waals surface area contributed by atoms with Gasteiger partial charge < -0.3 is 38.8 Å². The highest BCUT2D eigenvalue weighted by Crippen LogP contribution is 2.58. The molecule has 13 nitrogen and oxygen atoms in total. The van der Waals surface area contributed by atoms with Crippen molar-refractivity contribution in [2.45, 2.75) is 60.7 Å². The highest BCUT2D eigenvalue weighted by atomic mass is 35.6. The number of hydrogen-bond acceptors (Lipinski definition) is 12. The Labute approximate surface area is 298 Å². The molecule has 4 aliphatic rings. The van der Waals surface area contributed by atoms with Crippen LogP contribution in [0.5, 0.6) is 28.7 Å². The second-order valence-electron chi connectivity index (χ2n) is 12.3. The molecule has 0 saturated carbocycles. The molecule has 2 bridgehead atoms. The molecule has 6 rings (SSSR count). The van der Waals surface area contributed by atoms with E-state index in [1.165, 1.54) is 13.2 Å². The Morgan fingerprint density at radius 1 is 1.16 bits per heavy atom. The van der Waals surface area contributed by atoms with Crippen molar-refractivity contribution in [2.75, 3.05) is 40.7 Å². The van der Waals surface area contributed by atoms with Crippen molar-refractivity contribution in [1.29, 1.82) is 5.26 Å². The van der Waals surface area contributed by atoms with Crippen molar-refractivity contribution in [3.63, 3.8) is 0 Å². The highest BCUT2D eigenvalue weighted by Gasteiger charge is 2.57.